The first-order valence-electron chi connectivity index (χ1n) is 10.8. The van der Waals surface area contributed by atoms with Gasteiger partial charge < -0.3 is 19.1 Å². The highest BCUT2D eigenvalue weighted by molar-refractivity contribution is 5.79. The number of methoxy groups -OCH3 is 1. The summed E-state index contributed by atoms with van der Waals surface area (Å²) in [4.78, 5) is 22.3. The number of rotatable bonds is 7. The topological polar surface area (TPSA) is 50.6 Å². The SMILES string of the molecule is COCCN1CCC(C(=O)N2CCC[C@@H](c3nccn3CC3CC3)C2)CC1. The van der Waals surface area contributed by atoms with Crippen LogP contribution in [0, 0.1) is 11.8 Å². The zero-order valence-corrected chi connectivity index (χ0v) is 16.7. The largest absolute Gasteiger partial charge is 0.383 e. The van der Waals surface area contributed by atoms with Crippen molar-refractivity contribution >= 4 is 5.91 Å². The Morgan fingerprint density at radius 2 is 2.00 bits per heavy atom. The van der Waals surface area contributed by atoms with Crippen LogP contribution in [0.1, 0.15) is 50.3 Å². The fourth-order valence-corrected chi connectivity index (χ4v) is 4.68. The second-order valence-corrected chi connectivity index (χ2v) is 8.61. The van der Waals surface area contributed by atoms with Gasteiger partial charge in [0.2, 0.25) is 5.91 Å². The van der Waals surface area contributed by atoms with Crippen molar-refractivity contribution in [1.82, 2.24) is 19.4 Å². The Balaban J connectivity index is 1.32. The van der Waals surface area contributed by atoms with Gasteiger partial charge in [0.15, 0.2) is 0 Å². The second kappa shape index (κ2) is 8.74. The smallest absolute Gasteiger partial charge is 0.225 e. The normalized spacial score (nSPS) is 25.1. The molecular weight excluding hydrogens is 340 g/mol. The Bertz CT molecular complexity index is 619. The third kappa shape index (κ3) is 4.72. The van der Waals surface area contributed by atoms with Crippen LogP contribution in [0.25, 0.3) is 0 Å². The van der Waals surface area contributed by atoms with Crippen LogP contribution in [0.3, 0.4) is 0 Å². The molecule has 3 aliphatic rings. The number of likely N-dealkylation sites (tertiary alicyclic amines) is 2. The first kappa shape index (κ1) is 18.9. The highest BCUT2D eigenvalue weighted by Gasteiger charge is 2.33. The molecule has 1 atom stereocenters. The summed E-state index contributed by atoms with van der Waals surface area (Å²) in [5.41, 5.74) is 0. The standard InChI is InChI=1S/C21H34N4O2/c1-27-14-13-23-10-6-18(7-11-23)21(26)25-9-2-3-19(16-25)20-22-8-12-24(20)15-17-4-5-17/h8,12,17-19H,2-7,9-11,13-16H2,1H3/t19-/m1/s1. The summed E-state index contributed by atoms with van der Waals surface area (Å²) in [6.07, 6.45) is 11.0. The predicted octanol–water partition coefficient (Wildman–Crippen LogP) is 2.36. The van der Waals surface area contributed by atoms with Crippen LogP contribution in [-0.2, 0) is 16.1 Å². The number of carbonyl (C=O) groups excluding carboxylic acids is 1. The van der Waals surface area contributed by atoms with E-state index in [0.29, 0.717) is 11.8 Å². The minimum Gasteiger partial charge on any atom is -0.383 e. The number of carbonyl (C=O) groups is 1. The Hall–Kier alpha value is -1.40. The number of imidazole rings is 1. The number of amides is 1. The Labute approximate surface area is 162 Å². The van der Waals surface area contributed by atoms with E-state index in [2.05, 4.69) is 25.5 Å². The van der Waals surface area contributed by atoms with Gasteiger partial charge in [0.25, 0.3) is 0 Å². The fraction of sp³-hybridized carbons (Fsp3) is 0.810. The van der Waals surface area contributed by atoms with Crippen LogP contribution in [-0.4, -0.2) is 71.7 Å². The highest BCUT2D eigenvalue weighted by Crippen LogP contribution is 2.33. The molecule has 3 fully saturated rings. The summed E-state index contributed by atoms with van der Waals surface area (Å²) >= 11 is 0. The molecule has 1 aromatic rings. The summed E-state index contributed by atoms with van der Waals surface area (Å²) in [5.74, 6) is 3.04. The molecule has 1 aliphatic carbocycles. The lowest BCUT2D eigenvalue weighted by Gasteiger charge is -2.37. The van der Waals surface area contributed by atoms with Gasteiger partial charge in [-0.05, 0) is 57.5 Å². The van der Waals surface area contributed by atoms with Gasteiger partial charge in [-0.25, -0.2) is 4.98 Å². The van der Waals surface area contributed by atoms with Crippen LogP contribution in [0.4, 0.5) is 0 Å². The van der Waals surface area contributed by atoms with E-state index < -0.39 is 0 Å². The van der Waals surface area contributed by atoms with Crippen molar-refractivity contribution in [2.75, 3.05) is 46.4 Å². The van der Waals surface area contributed by atoms with E-state index in [9.17, 15) is 4.79 Å². The maximum absolute atomic E-state index is 13.1. The predicted molar refractivity (Wildman–Crippen MR) is 105 cm³/mol. The molecule has 0 bridgehead atoms. The molecule has 0 radical (unpaired) electrons. The van der Waals surface area contributed by atoms with Crippen LogP contribution >= 0.6 is 0 Å². The van der Waals surface area contributed by atoms with E-state index in [1.54, 1.807) is 7.11 Å². The second-order valence-electron chi connectivity index (χ2n) is 8.61. The van der Waals surface area contributed by atoms with Gasteiger partial charge in [-0.1, -0.05) is 0 Å². The summed E-state index contributed by atoms with van der Waals surface area (Å²) in [5, 5.41) is 0. The Kier molecular flexibility index (Phi) is 6.13. The lowest BCUT2D eigenvalue weighted by Crippen LogP contribution is -2.46. The molecule has 0 unspecified atom stereocenters. The van der Waals surface area contributed by atoms with E-state index in [1.165, 1.54) is 18.7 Å². The summed E-state index contributed by atoms with van der Waals surface area (Å²) in [6, 6.07) is 0. The summed E-state index contributed by atoms with van der Waals surface area (Å²) in [7, 11) is 1.75. The third-order valence-electron chi connectivity index (χ3n) is 6.55. The first-order chi connectivity index (χ1) is 13.2. The molecule has 27 heavy (non-hydrogen) atoms. The monoisotopic (exact) mass is 374 g/mol. The molecule has 4 rings (SSSR count). The number of hydrogen-bond acceptors (Lipinski definition) is 4. The molecule has 3 heterocycles. The molecular formula is C21H34N4O2. The number of ether oxygens (including phenoxy) is 1. The van der Waals surface area contributed by atoms with Crippen molar-refractivity contribution in [3.05, 3.63) is 18.2 Å². The molecule has 0 spiro atoms. The van der Waals surface area contributed by atoms with E-state index in [4.69, 9.17) is 4.74 Å². The molecule has 1 amide bonds. The lowest BCUT2D eigenvalue weighted by atomic mass is 9.92. The molecule has 1 aromatic heterocycles. The third-order valence-corrected chi connectivity index (χ3v) is 6.55. The minimum absolute atomic E-state index is 0.203. The van der Waals surface area contributed by atoms with Gasteiger partial charge in [0.1, 0.15) is 5.82 Å². The molecule has 6 heteroatoms. The van der Waals surface area contributed by atoms with Gasteiger partial charge >= 0.3 is 0 Å². The lowest BCUT2D eigenvalue weighted by molar-refractivity contribution is -0.138. The number of piperidine rings is 2. The molecule has 0 N–H and O–H groups in total. The van der Waals surface area contributed by atoms with Crippen molar-refractivity contribution in [1.29, 1.82) is 0 Å². The minimum atomic E-state index is 0.203. The van der Waals surface area contributed by atoms with Gasteiger partial charge in [0, 0.05) is 57.5 Å². The maximum atomic E-state index is 13.1. The van der Waals surface area contributed by atoms with E-state index in [0.717, 1.165) is 77.5 Å². The van der Waals surface area contributed by atoms with Crippen molar-refractivity contribution < 1.29 is 9.53 Å². The average molecular weight is 375 g/mol. The molecule has 0 aromatic carbocycles. The van der Waals surface area contributed by atoms with Gasteiger partial charge in [-0.3, -0.25) is 4.79 Å². The Morgan fingerprint density at radius 1 is 1.19 bits per heavy atom. The molecule has 2 aliphatic heterocycles. The number of nitrogens with zero attached hydrogens (tertiary/aromatic N) is 4. The van der Waals surface area contributed by atoms with Crippen LogP contribution in [0.5, 0.6) is 0 Å². The van der Waals surface area contributed by atoms with Crippen LogP contribution in [0.15, 0.2) is 12.4 Å². The number of hydrogen-bond donors (Lipinski definition) is 0. The van der Waals surface area contributed by atoms with Gasteiger partial charge in [0.05, 0.1) is 6.61 Å². The zero-order valence-electron chi connectivity index (χ0n) is 16.7. The van der Waals surface area contributed by atoms with E-state index >= 15 is 0 Å². The van der Waals surface area contributed by atoms with Crippen molar-refractivity contribution in [3.8, 4) is 0 Å². The molecule has 2 saturated heterocycles. The molecule has 6 nitrogen and oxygen atoms in total. The zero-order chi connectivity index (χ0) is 18.6. The maximum Gasteiger partial charge on any atom is 0.225 e. The average Bonchev–Trinajstić information content (AvgIpc) is 3.41. The first-order valence-corrected chi connectivity index (χ1v) is 10.8. The van der Waals surface area contributed by atoms with Crippen molar-refractivity contribution in [2.45, 2.75) is 51.0 Å². The Morgan fingerprint density at radius 3 is 2.74 bits per heavy atom. The highest BCUT2D eigenvalue weighted by atomic mass is 16.5. The van der Waals surface area contributed by atoms with Gasteiger partial charge in [-0.15, -0.1) is 0 Å². The van der Waals surface area contributed by atoms with Crippen LogP contribution in [0.2, 0.25) is 0 Å². The van der Waals surface area contributed by atoms with Crippen molar-refractivity contribution in [2.24, 2.45) is 11.8 Å². The summed E-state index contributed by atoms with van der Waals surface area (Å²) in [6.45, 7) is 6.67. The van der Waals surface area contributed by atoms with Crippen molar-refractivity contribution in [3.63, 3.8) is 0 Å². The van der Waals surface area contributed by atoms with Crippen LogP contribution < -0.4 is 0 Å². The number of aromatic nitrogens is 2. The van der Waals surface area contributed by atoms with Gasteiger partial charge in [-0.2, -0.15) is 0 Å². The quantitative estimate of drug-likeness (QED) is 0.735. The summed E-state index contributed by atoms with van der Waals surface area (Å²) < 4.78 is 7.53. The van der Waals surface area contributed by atoms with E-state index in [1.807, 2.05) is 6.20 Å². The molecule has 1 saturated carbocycles. The fourth-order valence-electron chi connectivity index (χ4n) is 4.68. The van der Waals surface area contributed by atoms with E-state index in [-0.39, 0.29) is 5.92 Å². The molecule has 150 valence electrons.